The minimum absolute atomic E-state index is 0.000527. The van der Waals surface area contributed by atoms with Crippen LogP contribution in [0.2, 0.25) is 0 Å². The molecule has 2 amide bonds. The van der Waals surface area contributed by atoms with Gasteiger partial charge in [-0.05, 0) is 41.0 Å². The molecule has 2 aromatic rings. The Bertz CT molecular complexity index is 1030. The molecule has 1 saturated heterocycles. The number of rotatable bonds is 10. The number of carboxylic acids is 1. The van der Waals surface area contributed by atoms with Crippen LogP contribution in [-0.2, 0) is 19.1 Å². The van der Waals surface area contributed by atoms with Crippen LogP contribution < -0.4 is 10.6 Å². The summed E-state index contributed by atoms with van der Waals surface area (Å²) in [6.45, 7) is 2.84. The number of aliphatic carboxylic acids is 1. The number of fused-ring (bicyclic) bond motifs is 3. The maximum absolute atomic E-state index is 12.4. The Hall–Kier alpha value is -3.39. The first-order valence-corrected chi connectivity index (χ1v) is 12.2. The summed E-state index contributed by atoms with van der Waals surface area (Å²) in [5.41, 5.74) is 4.67. The molecule has 2 aliphatic rings. The molecule has 8 heteroatoms. The number of benzene rings is 2. The number of carbonyl (C=O) groups is 3. The van der Waals surface area contributed by atoms with E-state index in [1.165, 1.54) is 11.1 Å². The van der Waals surface area contributed by atoms with E-state index >= 15 is 0 Å². The van der Waals surface area contributed by atoms with Crippen molar-refractivity contribution in [3.8, 4) is 11.1 Å². The number of nitrogens with one attached hydrogen (secondary N) is 2. The van der Waals surface area contributed by atoms with Crippen molar-refractivity contribution >= 4 is 18.0 Å². The second kappa shape index (κ2) is 11.4. The van der Waals surface area contributed by atoms with E-state index in [0.717, 1.165) is 17.5 Å². The maximum atomic E-state index is 12.4. The van der Waals surface area contributed by atoms with Gasteiger partial charge in [0, 0.05) is 25.4 Å². The SMILES string of the molecule is CCC(CNC(=O)OCC1c2ccccc2-c2ccccc21)CC(=O)NCC1CCC(C(=O)O)O1. The van der Waals surface area contributed by atoms with E-state index in [1.807, 2.05) is 31.2 Å². The highest BCUT2D eigenvalue weighted by molar-refractivity contribution is 5.79. The van der Waals surface area contributed by atoms with Crippen LogP contribution in [-0.4, -0.2) is 55.0 Å². The molecular formula is C27H32N2O6. The molecule has 1 heterocycles. The topological polar surface area (TPSA) is 114 Å². The Morgan fingerprint density at radius 1 is 1.03 bits per heavy atom. The minimum Gasteiger partial charge on any atom is -0.479 e. The van der Waals surface area contributed by atoms with Crippen LogP contribution in [0.25, 0.3) is 11.1 Å². The molecule has 3 N–H and O–H groups in total. The molecule has 0 radical (unpaired) electrons. The Labute approximate surface area is 205 Å². The first kappa shape index (κ1) is 24.7. The molecule has 35 heavy (non-hydrogen) atoms. The van der Waals surface area contributed by atoms with E-state index in [1.54, 1.807) is 0 Å². The first-order valence-electron chi connectivity index (χ1n) is 12.2. The zero-order chi connectivity index (χ0) is 24.8. The van der Waals surface area contributed by atoms with Crippen LogP contribution in [0.5, 0.6) is 0 Å². The molecule has 0 aromatic heterocycles. The molecule has 3 unspecified atom stereocenters. The van der Waals surface area contributed by atoms with Crippen LogP contribution in [0.1, 0.15) is 49.7 Å². The number of ether oxygens (including phenoxy) is 2. The molecule has 1 aliphatic heterocycles. The number of hydrogen-bond donors (Lipinski definition) is 3. The Morgan fingerprint density at radius 3 is 2.29 bits per heavy atom. The fourth-order valence-electron chi connectivity index (χ4n) is 4.84. The quantitative estimate of drug-likeness (QED) is 0.478. The van der Waals surface area contributed by atoms with Gasteiger partial charge in [-0.3, -0.25) is 4.79 Å². The molecule has 186 valence electrons. The highest BCUT2D eigenvalue weighted by atomic mass is 16.5. The maximum Gasteiger partial charge on any atom is 0.407 e. The van der Waals surface area contributed by atoms with Crippen molar-refractivity contribution in [2.45, 2.75) is 50.7 Å². The molecule has 0 spiro atoms. The van der Waals surface area contributed by atoms with Gasteiger partial charge in [0.05, 0.1) is 6.10 Å². The lowest BCUT2D eigenvalue weighted by Gasteiger charge is -2.18. The number of amides is 2. The lowest BCUT2D eigenvalue weighted by molar-refractivity contribution is -0.149. The lowest BCUT2D eigenvalue weighted by Crippen LogP contribution is -2.36. The fraction of sp³-hybridized carbons (Fsp3) is 0.444. The van der Waals surface area contributed by atoms with Crippen molar-refractivity contribution in [3.05, 3.63) is 59.7 Å². The number of carbonyl (C=O) groups excluding carboxylic acids is 2. The minimum atomic E-state index is -0.968. The summed E-state index contributed by atoms with van der Waals surface area (Å²) in [6, 6.07) is 16.4. The van der Waals surface area contributed by atoms with Gasteiger partial charge in [0.15, 0.2) is 6.10 Å². The summed E-state index contributed by atoms with van der Waals surface area (Å²) >= 11 is 0. The van der Waals surface area contributed by atoms with E-state index in [0.29, 0.717) is 25.9 Å². The summed E-state index contributed by atoms with van der Waals surface area (Å²) < 4.78 is 11.0. The highest BCUT2D eigenvalue weighted by Gasteiger charge is 2.31. The van der Waals surface area contributed by atoms with Crippen LogP contribution >= 0.6 is 0 Å². The standard InChI is InChI=1S/C27H32N2O6/c1-2-17(13-25(30)28-15-18-11-12-24(35-18)26(31)32)14-29-27(33)34-16-23-21-9-5-3-7-19(21)20-8-4-6-10-22(20)23/h3-10,17-18,23-24H,2,11-16H2,1H3,(H,28,30)(H,29,33)(H,31,32). The Balaban J connectivity index is 1.20. The number of hydrogen-bond acceptors (Lipinski definition) is 5. The van der Waals surface area contributed by atoms with Crippen molar-refractivity contribution in [1.82, 2.24) is 10.6 Å². The second-order valence-corrected chi connectivity index (χ2v) is 9.15. The largest absolute Gasteiger partial charge is 0.479 e. The summed E-state index contributed by atoms with van der Waals surface area (Å²) in [5.74, 6) is -1.15. The molecule has 0 saturated carbocycles. The summed E-state index contributed by atoms with van der Waals surface area (Å²) in [4.78, 5) is 35.7. The first-order chi connectivity index (χ1) is 17.0. The zero-order valence-electron chi connectivity index (χ0n) is 19.9. The zero-order valence-corrected chi connectivity index (χ0v) is 19.9. The van der Waals surface area contributed by atoms with Crippen molar-refractivity contribution in [2.24, 2.45) is 5.92 Å². The summed E-state index contributed by atoms with van der Waals surface area (Å²) in [6.07, 6.45) is 0.480. The number of alkyl carbamates (subject to hydrolysis) is 1. The van der Waals surface area contributed by atoms with Gasteiger partial charge in [-0.1, -0.05) is 61.9 Å². The van der Waals surface area contributed by atoms with E-state index < -0.39 is 18.2 Å². The molecule has 3 atom stereocenters. The van der Waals surface area contributed by atoms with Gasteiger partial charge in [0.1, 0.15) is 6.61 Å². The average molecular weight is 481 g/mol. The van der Waals surface area contributed by atoms with Crippen LogP contribution in [0, 0.1) is 5.92 Å². The normalized spacial score (nSPS) is 19.5. The van der Waals surface area contributed by atoms with Crippen LogP contribution in [0.15, 0.2) is 48.5 Å². The summed E-state index contributed by atoms with van der Waals surface area (Å²) in [5, 5.41) is 14.6. The van der Waals surface area contributed by atoms with Crippen LogP contribution in [0.4, 0.5) is 4.79 Å². The molecular weight excluding hydrogens is 448 g/mol. The van der Waals surface area contributed by atoms with Crippen molar-refractivity contribution < 1.29 is 29.0 Å². The predicted molar refractivity (Wildman–Crippen MR) is 130 cm³/mol. The third-order valence-corrected chi connectivity index (χ3v) is 6.84. The van der Waals surface area contributed by atoms with Gasteiger partial charge < -0.3 is 25.2 Å². The van der Waals surface area contributed by atoms with Gasteiger partial charge in [-0.25, -0.2) is 9.59 Å². The Kier molecular flexibility index (Phi) is 8.02. The molecule has 1 aliphatic carbocycles. The summed E-state index contributed by atoms with van der Waals surface area (Å²) in [7, 11) is 0. The van der Waals surface area contributed by atoms with E-state index in [9.17, 15) is 14.4 Å². The van der Waals surface area contributed by atoms with Crippen molar-refractivity contribution in [1.29, 1.82) is 0 Å². The molecule has 2 aromatic carbocycles. The average Bonchev–Trinajstić information content (AvgIpc) is 3.47. The molecule has 4 rings (SSSR count). The van der Waals surface area contributed by atoms with Crippen LogP contribution in [0.3, 0.4) is 0 Å². The Morgan fingerprint density at radius 2 is 1.69 bits per heavy atom. The van der Waals surface area contributed by atoms with Gasteiger partial charge in [0.25, 0.3) is 0 Å². The third kappa shape index (κ3) is 6.00. The molecule has 0 bridgehead atoms. The lowest BCUT2D eigenvalue weighted by atomic mass is 9.98. The molecule has 1 fully saturated rings. The van der Waals surface area contributed by atoms with E-state index in [2.05, 4.69) is 34.9 Å². The van der Waals surface area contributed by atoms with Crippen molar-refractivity contribution in [2.75, 3.05) is 19.7 Å². The van der Waals surface area contributed by atoms with Gasteiger partial charge >= 0.3 is 12.1 Å². The van der Waals surface area contributed by atoms with E-state index in [4.69, 9.17) is 14.6 Å². The van der Waals surface area contributed by atoms with Gasteiger partial charge in [-0.15, -0.1) is 0 Å². The van der Waals surface area contributed by atoms with Gasteiger partial charge in [-0.2, -0.15) is 0 Å². The molecule has 8 nitrogen and oxygen atoms in total. The second-order valence-electron chi connectivity index (χ2n) is 9.15. The third-order valence-electron chi connectivity index (χ3n) is 6.84. The highest BCUT2D eigenvalue weighted by Crippen LogP contribution is 2.44. The number of carboxylic acid groups (broad SMARTS) is 1. The predicted octanol–water partition coefficient (Wildman–Crippen LogP) is 3.69. The monoisotopic (exact) mass is 480 g/mol. The van der Waals surface area contributed by atoms with Crippen molar-refractivity contribution in [3.63, 3.8) is 0 Å². The smallest absolute Gasteiger partial charge is 0.407 e. The van der Waals surface area contributed by atoms with Gasteiger partial charge in [0.2, 0.25) is 5.91 Å². The van der Waals surface area contributed by atoms with E-state index in [-0.39, 0.29) is 36.9 Å². The fourth-order valence-corrected chi connectivity index (χ4v) is 4.84.